The third kappa shape index (κ3) is 2.49. The molecule has 0 radical (unpaired) electrons. The van der Waals surface area contributed by atoms with Crippen LogP contribution in [0, 0.1) is 5.92 Å². The van der Waals surface area contributed by atoms with Gasteiger partial charge in [0.15, 0.2) is 0 Å². The maximum absolute atomic E-state index is 12.2. The first-order chi connectivity index (χ1) is 8.24. The molecule has 94 valence electrons. The SMILES string of the molecule is CN(C(=O)c1ccn[nH]1)C1CCCCC1CN. The van der Waals surface area contributed by atoms with Gasteiger partial charge in [0.2, 0.25) is 0 Å². The van der Waals surface area contributed by atoms with Crippen LogP contribution in [0.5, 0.6) is 0 Å². The van der Waals surface area contributed by atoms with Gasteiger partial charge in [-0.05, 0) is 31.4 Å². The molecule has 17 heavy (non-hydrogen) atoms. The van der Waals surface area contributed by atoms with Crippen molar-refractivity contribution in [2.75, 3.05) is 13.6 Å². The van der Waals surface area contributed by atoms with Gasteiger partial charge in [-0.1, -0.05) is 12.8 Å². The third-order valence-corrected chi connectivity index (χ3v) is 3.72. The lowest BCUT2D eigenvalue weighted by molar-refractivity contribution is 0.0614. The maximum atomic E-state index is 12.2. The average molecular weight is 236 g/mol. The van der Waals surface area contributed by atoms with Gasteiger partial charge in [-0.25, -0.2) is 0 Å². The first-order valence-corrected chi connectivity index (χ1v) is 6.20. The Labute approximate surface area is 101 Å². The molecule has 1 heterocycles. The minimum Gasteiger partial charge on any atom is -0.337 e. The van der Waals surface area contributed by atoms with E-state index in [1.54, 1.807) is 12.3 Å². The summed E-state index contributed by atoms with van der Waals surface area (Å²) < 4.78 is 0. The number of nitrogens with two attached hydrogens (primary N) is 1. The summed E-state index contributed by atoms with van der Waals surface area (Å²) in [6.45, 7) is 0.658. The molecular formula is C12H20N4O. The van der Waals surface area contributed by atoms with E-state index in [4.69, 9.17) is 5.73 Å². The summed E-state index contributed by atoms with van der Waals surface area (Å²) in [5.74, 6) is 0.438. The summed E-state index contributed by atoms with van der Waals surface area (Å²) in [6, 6.07) is 1.98. The van der Waals surface area contributed by atoms with Crippen molar-refractivity contribution in [3.63, 3.8) is 0 Å². The maximum Gasteiger partial charge on any atom is 0.271 e. The molecule has 0 saturated heterocycles. The highest BCUT2D eigenvalue weighted by Crippen LogP contribution is 2.27. The quantitative estimate of drug-likeness (QED) is 0.822. The van der Waals surface area contributed by atoms with Crippen LogP contribution in [-0.4, -0.2) is 40.6 Å². The Morgan fingerprint density at radius 3 is 3.00 bits per heavy atom. The first kappa shape index (κ1) is 12.1. The predicted octanol–water partition coefficient (Wildman–Crippen LogP) is 0.999. The van der Waals surface area contributed by atoms with Gasteiger partial charge in [0.25, 0.3) is 5.91 Å². The van der Waals surface area contributed by atoms with Crippen molar-refractivity contribution in [3.8, 4) is 0 Å². The van der Waals surface area contributed by atoms with E-state index in [9.17, 15) is 4.79 Å². The number of aromatic nitrogens is 2. The third-order valence-electron chi connectivity index (χ3n) is 3.72. The Morgan fingerprint density at radius 2 is 2.35 bits per heavy atom. The highest BCUT2D eigenvalue weighted by Gasteiger charge is 2.30. The molecule has 0 aliphatic heterocycles. The second-order valence-corrected chi connectivity index (χ2v) is 4.73. The van der Waals surface area contributed by atoms with E-state index in [-0.39, 0.29) is 11.9 Å². The van der Waals surface area contributed by atoms with E-state index in [0.29, 0.717) is 18.2 Å². The molecule has 1 aromatic rings. The molecular weight excluding hydrogens is 216 g/mol. The topological polar surface area (TPSA) is 75.0 Å². The molecule has 5 heteroatoms. The summed E-state index contributed by atoms with van der Waals surface area (Å²) in [6.07, 6.45) is 6.19. The van der Waals surface area contributed by atoms with Crippen molar-refractivity contribution in [1.29, 1.82) is 0 Å². The molecule has 1 aromatic heterocycles. The van der Waals surface area contributed by atoms with E-state index >= 15 is 0 Å². The zero-order chi connectivity index (χ0) is 12.3. The molecule has 2 atom stereocenters. The number of H-pyrrole nitrogens is 1. The second-order valence-electron chi connectivity index (χ2n) is 4.73. The number of amides is 1. The van der Waals surface area contributed by atoms with E-state index in [0.717, 1.165) is 12.8 Å². The van der Waals surface area contributed by atoms with Gasteiger partial charge < -0.3 is 10.6 Å². The molecule has 1 aliphatic carbocycles. The highest BCUT2D eigenvalue weighted by molar-refractivity contribution is 5.92. The Morgan fingerprint density at radius 1 is 1.59 bits per heavy atom. The zero-order valence-corrected chi connectivity index (χ0v) is 10.2. The Kier molecular flexibility index (Phi) is 3.78. The smallest absolute Gasteiger partial charge is 0.271 e. The van der Waals surface area contributed by atoms with Gasteiger partial charge >= 0.3 is 0 Å². The normalized spacial score (nSPS) is 24.6. The van der Waals surface area contributed by atoms with E-state index < -0.39 is 0 Å². The molecule has 2 rings (SSSR count). The van der Waals surface area contributed by atoms with Crippen LogP contribution in [0.15, 0.2) is 12.3 Å². The number of rotatable bonds is 3. The fourth-order valence-corrected chi connectivity index (χ4v) is 2.69. The van der Waals surface area contributed by atoms with Gasteiger partial charge in [0, 0.05) is 19.3 Å². The summed E-state index contributed by atoms with van der Waals surface area (Å²) in [4.78, 5) is 14.0. The van der Waals surface area contributed by atoms with Crippen LogP contribution in [-0.2, 0) is 0 Å². The van der Waals surface area contributed by atoms with Crippen LogP contribution in [0.2, 0.25) is 0 Å². The molecule has 2 unspecified atom stereocenters. The van der Waals surface area contributed by atoms with Crippen molar-refractivity contribution in [1.82, 2.24) is 15.1 Å². The molecule has 0 aromatic carbocycles. The minimum absolute atomic E-state index is 0.00727. The highest BCUT2D eigenvalue weighted by atomic mass is 16.2. The number of hydrogen-bond donors (Lipinski definition) is 2. The van der Waals surface area contributed by atoms with Crippen molar-refractivity contribution in [2.45, 2.75) is 31.7 Å². The average Bonchev–Trinajstić information content (AvgIpc) is 2.90. The second kappa shape index (κ2) is 5.31. The van der Waals surface area contributed by atoms with Gasteiger partial charge in [0.1, 0.15) is 5.69 Å². The van der Waals surface area contributed by atoms with Gasteiger partial charge in [-0.2, -0.15) is 5.10 Å². The molecule has 0 spiro atoms. The summed E-state index contributed by atoms with van der Waals surface area (Å²) in [5, 5.41) is 6.53. The van der Waals surface area contributed by atoms with Gasteiger partial charge in [-0.15, -0.1) is 0 Å². The predicted molar refractivity (Wildman–Crippen MR) is 65.5 cm³/mol. The van der Waals surface area contributed by atoms with Crippen molar-refractivity contribution < 1.29 is 4.79 Å². The van der Waals surface area contributed by atoms with Crippen LogP contribution in [0.25, 0.3) is 0 Å². The van der Waals surface area contributed by atoms with E-state index in [1.807, 2.05) is 11.9 Å². The van der Waals surface area contributed by atoms with Crippen molar-refractivity contribution in [3.05, 3.63) is 18.0 Å². The monoisotopic (exact) mass is 236 g/mol. The number of carbonyl (C=O) groups is 1. The van der Waals surface area contributed by atoms with Crippen LogP contribution < -0.4 is 5.73 Å². The fourth-order valence-electron chi connectivity index (χ4n) is 2.69. The van der Waals surface area contributed by atoms with E-state index in [2.05, 4.69) is 10.2 Å². The number of nitrogens with one attached hydrogen (secondary N) is 1. The van der Waals surface area contributed by atoms with Gasteiger partial charge in [0.05, 0.1) is 0 Å². The Hall–Kier alpha value is -1.36. The number of aromatic amines is 1. The summed E-state index contributed by atoms with van der Waals surface area (Å²) in [7, 11) is 1.86. The number of hydrogen-bond acceptors (Lipinski definition) is 3. The van der Waals surface area contributed by atoms with Gasteiger partial charge in [-0.3, -0.25) is 9.89 Å². The van der Waals surface area contributed by atoms with Crippen LogP contribution >= 0.6 is 0 Å². The molecule has 1 fully saturated rings. The lowest BCUT2D eigenvalue weighted by atomic mass is 9.83. The van der Waals surface area contributed by atoms with E-state index in [1.165, 1.54) is 12.8 Å². The minimum atomic E-state index is 0.00727. The largest absolute Gasteiger partial charge is 0.337 e. The van der Waals surface area contributed by atoms with Crippen LogP contribution in [0.4, 0.5) is 0 Å². The number of carbonyl (C=O) groups excluding carboxylic acids is 1. The zero-order valence-electron chi connectivity index (χ0n) is 10.2. The van der Waals surface area contributed by atoms with Crippen molar-refractivity contribution in [2.24, 2.45) is 11.7 Å². The molecule has 5 nitrogen and oxygen atoms in total. The molecule has 1 saturated carbocycles. The summed E-state index contributed by atoms with van der Waals surface area (Å²) >= 11 is 0. The lowest BCUT2D eigenvalue weighted by Gasteiger charge is -2.37. The molecule has 3 N–H and O–H groups in total. The Balaban J connectivity index is 2.07. The fraction of sp³-hybridized carbons (Fsp3) is 0.667. The Bertz CT molecular complexity index is 363. The standard InChI is InChI=1S/C12H20N4O/c1-16(12(17)10-6-7-14-15-10)11-5-3-2-4-9(11)8-13/h6-7,9,11H,2-5,8,13H2,1H3,(H,14,15). The summed E-state index contributed by atoms with van der Waals surface area (Å²) in [5.41, 5.74) is 6.34. The molecule has 1 aliphatic rings. The molecule has 0 bridgehead atoms. The lowest BCUT2D eigenvalue weighted by Crippen LogP contribution is -2.46. The van der Waals surface area contributed by atoms with Crippen LogP contribution in [0.3, 0.4) is 0 Å². The first-order valence-electron chi connectivity index (χ1n) is 6.20. The van der Waals surface area contributed by atoms with Crippen LogP contribution in [0.1, 0.15) is 36.2 Å². The van der Waals surface area contributed by atoms with Crippen molar-refractivity contribution >= 4 is 5.91 Å². The molecule has 1 amide bonds. The number of nitrogens with zero attached hydrogens (tertiary/aromatic N) is 2.